The van der Waals surface area contributed by atoms with Crippen molar-refractivity contribution >= 4 is 21.7 Å². The molecule has 3 aliphatic rings. The summed E-state index contributed by atoms with van der Waals surface area (Å²) in [6, 6.07) is 10.2. The molecule has 0 spiro atoms. The van der Waals surface area contributed by atoms with Gasteiger partial charge in [0.05, 0.1) is 34.2 Å². The van der Waals surface area contributed by atoms with Gasteiger partial charge in [-0.1, -0.05) is 18.2 Å². The van der Waals surface area contributed by atoms with E-state index < -0.39 is 44.5 Å². The first kappa shape index (κ1) is 21.8. The van der Waals surface area contributed by atoms with Crippen LogP contribution in [0.2, 0.25) is 0 Å². The average Bonchev–Trinajstić information content (AvgIpc) is 3.39. The molecule has 1 aromatic carbocycles. The Labute approximate surface area is 182 Å². The van der Waals surface area contributed by atoms with Gasteiger partial charge in [0.25, 0.3) is 0 Å². The summed E-state index contributed by atoms with van der Waals surface area (Å²) in [7, 11) is -3.70. The van der Waals surface area contributed by atoms with Gasteiger partial charge in [-0.25, -0.2) is 8.42 Å². The van der Waals surface area contributed by atoms with Crippen LogP contribution in [0.1, 0.15) is 38.5 Å². The van der Waals surface area contributed by atoms with Crippen LogP contribution in [0, 0.1) is 23.2 Å². The van der Waals surface area contributed by atoms with E-state index in [1.165, 1.54) is 12.1 Å². The van der Waals surface area contributed by atoms with Crippen molar-refractivity contribution in [1.29, 1.82) is 5.26 Å². The minimum Gasteiger partial charge on any atom is -0.393 e. The van der Waals surface area contributed by atoms with Crippen LogP contribution in [0.5, 0.6) is 0 Å². The van der Waals surface area contributed by atoms with Crippen LogP contribution in [0.25, 0.3) is 0 Å². The van der Waals surface area contributed by atoms with Gasteiger partial charge < -0.3 is 15.3 Å². The van der Waals surface area contributed by atoms with E-state index in [0.717, 1.165) is 0 Å². The quantitative estimate of drug-likeness (QED) is 0.696. The molecule has 2 saturated carbocycles. The molecule has 9 heteroatoms. The summed E-state index contributed by atoms with van der Waals surface area (Å²) in [5, 5.41) is 21.0. The van der Waals surface area contributed by atoms with Crippen LogP contribution >= 0.6 is 0 Å². The van der Waals surface area contributed by atoms with Crippen LogP contribution in [-0.2, 0) is 19.4 Å². The summed E-state index contributed by atoms with van der Waals surface area (Å²) < 4.78 is 26.4. The molecule has 2 aliphatic carbocycles. The summed E-state index contributed by atoms with van der Waals surface area (Å²) in [4.78, 5) is 28.2. The molecule has 31 heavy (non-hydrogen) atoms. The lowest BCUT2D eigenvalue weighted by molar-refractivity contribution is -0.142. The number of piperidine rings is 1. The molecule has 4 rings (SSSR count). The normalized spacial score (nSPS) is 28.0. The van der Waals surface area contributed by atoms with Gasteiger partial charge in [0.2, 0.25) is 11.8 Å². The molecule has 166 valence electrons. The molecule has 2 N–H and O–H groups in total. The summed E-state index contributed by atoms with van der Waals surface area (Å²) >= 11 is 0. The Morgan fingerprint density at radius 2 is 1.71 bits per heavy atom. The minimum atomic E-state index is -3.70. The molecule has 3 atom stereocenters. The summed E-state index contributed by atoms with van der Waals surface area (Å²) in [6.07, 6.45) is 1.76. The molecule has 3 fully saturated rings. The number of amides is 2. The highest BCUT2D eigenvalue weighted by atomic mass is 32.2. The Morgan fingerprint density at radius 1 is 1.10 bits per heavy atom. The summed E-state index contributed by atoms with van der Waals surface area (Å²) in [5.74, 6) is -2.21. The molecule has 0 radical (unpaired) electrons. The highest BCUT2D eigenvalue weighted by molar-refractivity contribution is 7.92. The number of nitriles is 1. The fourth-order valence-electron chi connectivity index (χ4n) is 4.65. The number of hydrogen-bond donors (Lipinski definition) is 2. The number of aliphatic hydroxyl groups is 1. The number of likely N-dealkylation sites (tertiary alicyclic amines) is 1. The zero-order chi connectivity index (χ0) is 22.2. The van der Waals surface area contributed by atoms with Gasteiger partial charge in [0.1, 0.15) is 5.54 Å². The van der Waals surface area contributed by atoms with Gasteiger partial charge in [-0.2, -0.15) is 5.26 Å². The SMILES string of the molecule is N#CC1(NC(=O)[C@@H]2C[C@@H](S(=O)(=O)c3ccccc3)C[C@H]2C(=O)N2CCC(O)CC2)CC1. The molecule has 0 unspecified atom stereocenters. The van der Waals surface area contributed by atoms with Crippen LogP contribution in [0.4, 0.5) is 0 Å². The molecular weight excluding hydrogens is 418 g/mol. The number of carbonyl (C=O) groups is 2. The lowest BCUT2D eigenvalue weighted by atomic mass is 9.92. The van der Waals surface area contributed by atoms with E-state index in [1.807, 2.05) is 0 Å². The Hall–Kier alpha value is -2.44. The third kappa shape index (κ3) is 4.32. The number of carbonyl (C=O) groups excluding carboxylic acids is 2. The van der Waals surface area contributed by atoms with Gasteiger partial charge >= 0.3 is 0 Å². The van der Waals surface area contributed by atoms with Gasteiger partial charge in [0, 0.05) is 13.1 Å². The standard InChI is InChI=1S/C22H27N3O5S/c23-14-22(8-9-22)24-20(27)18-12-17(31(29,30)16-4-2-1-3-5-16)13-19(18)21(28)25-10-6-15(26)7-11-25/h1-5,15,17-19,26H,6-13H2,(H,24,27)/t17-,18-,19-/m1/s1. The predicted octanol–water partition coefficient (Wildman–Crippen LogP) is 1.01. The van der Waals surface area contributed by atoms with Crippen LogP contribution in [0.3, 0.4) is 0 Å². The highest BCUT2D eigenvalue weighted by Crippen LogP contribution is 2.41. The van der Waals surface area contributed by atoms with Gasteiger partial charge in [-0.15, -0.1) is 0 Å². The second-order valence-electron chi connectivity index (χ2n) is 8.90. The first-order valence-electron chi connectivity index (χ1n) is 10.7. The third-order valence-electron chi connectivity index (χ3n) is 6.79. The predicted molar refractivity (Wildman–Crippen MR) is 111 cm³/mol. The average molecular weight is 446 g/mol. The van der Waals surface area contributed by atoms with Gasteiger partial charge in [-0.05, 0) is 50.7 Å². The zero-order valence-corrected chi connectivity index (χ0v) is 18.1. The minimum absolute atomic E-state index is 0.0530. The van der Waals surface area contributed by atoms with Crippen molar-refractivity contribution in [2.24, 2.45) is 11.8 Å². The van der Waals surface area contributed by atoms with Crippen molar-refractivity contribution in [2.45, 2.75) is 60.3 Å². The molecule has 1 aromatic rings. The summed E-state index contributed by atoms with van der Waals surface area (Å²) in [5.41, 5.74) is -0.879. The van der Waals surface area contributed by atoms with Crippen LogP contribution < -0.4 is 5.32 Å². The van der Waals surface area contributed by atoms with E-state index >= 15 is 0 Å². The van der Waals surface area contributed by atoms with Crippen LogP contribution in [0.15, 0.2) is 35.2 Å². The number of sulfone groups is 1. The van der Waals surface area contributed by atoms with Gasteiger partial charge in [-0.3, -0.25) is 9.59 Å². The molecule has 1 aliphatic heterocycles. The van der Waals surface area contributed by atoms with E-state index in [-0.39, 0.29) is 23.6 Å². The number of nitrogens with one attached hydrogen (secondary N) is 1. The largest absolute Gasteiger partial charge is 0.393 e. The second-order valence-corrected chi connectivity index (χ2v) is 11.1. The molecule has 1 heterocycles. The number of hydrogen-bond acceptors (Lipinski definition) is 6. The Kier molecular flexibility index (Phi) is 5.79. The van der Waals surface area contributed by atoms with Crippen LogP contribution in [-0.4, -0.2) is 60.2 Å². The van der Waals surface area contributed by atoms with Crippen molar-refractivity contribution < 1.29 is 23.1 Å². The molecule has 2 amide bonds. The van der Waals surface area contributed by atoms with Gasteiger partial charge in [0.15, 0.2) is 9.84 Å². The molecule has 1 saturated heterocycles. The number of aliphatic hydroxyl groups excluding tert-OH is 1. The van der Waals surface area contributed by atoms with E-state index in [2.05, 4.69) is 11.4 Å². The van der Waals surface area contributed by atoms with Crippen molar-refractivity contribution in [3.63, 3.8) is 0 Å². The van der Waals surface area contributed by atoms with E-state index in [0.29, 0.717) is 38.8 Å². The Morgan fingerprint density at radius 3 is 2.29 bits per heavy atom. The maximum Gasteiger partial charge on any atom is 0.226 e. The maximum absolute atomic E-state index is 13.3. The zero-order valence-electron chi connectivity index (χ0n) is 17.2. The fraction of sp³-hybridized carbons (Fsp3) is 0.591. The Bertz CT molecular complexity index is 992. The van der Waals surface area contributed by atoms with E-state index in [4.69, 9.17) is 0 Å². The van der Waals surface area contributed by atoms with E-state index in [9.17, 15) is 28.4 Å². The summed E-state index contributed by atoms with van der Waals surface area (Å²) in [6.45, 7) is 0.784. The smallest absolute Gasteiger partial charge is 0.226 e. The first-order chi connectivity index (χ1) is 14.8. The molecule has 8 nitrogen and oxygen atoms in total. The van der Waals surface area contributed by atoms with Crippen molar-refractivity contribution in [3.8, 4) is 6.07 Å². The monoisotopic (exact) mass is 445 g/mol. The molecular formula is C22H27N3O5S. The van der Waals surface area contributed by atoms with E-state index in [1.54, 1.807) is 23.1 Å². The second kappa shape index (κ2) is 8.24. The lowest BCUT2D eigenvalue weighted by Gasteiger charge is -2.33. The number of benzene rings is 1. The van der Waals surface area contributed by atoms with Crippen molar-refractivity contribution in [1.82, 2.24) is 10.2 Å². The molecule has 0 aromatic heterocycles. The third-order valence-corrected chi connectivity index (χ3v) is 8.98. The Balaban J connectivity index is 1.58. The van der Waals surface area contributed by atoms with Crippen molar-refractivity contribution in [3.05, 3.63) is 30.3 Å². The number of nitrogens with zero attached hydrogens (tertiary/aromatic N) is 2. The molecule has 0 bridgehead atoms. The highest BCUT2D eigenvalue weighted by Gasteiger charge is 2.52. The number of rotatable bonds is 5. The van der Waals surface area contributed by atoms with Crippen molar-refractivity contribution in [2.75, 3.05) is 13.1 Å². The first-order valence-corrected chi connectivity index (χ1v) is 12.3. The fourth-order valence-corrected chi connectivity index (χ4v) is 6.49. The topological polar surface area (TPSA) is 128 Å². The maximum atomic E-state index is 13.3. The lowest BCUT2D eigenvalue weighted by Crippen LogP contribution is -2.47.